The Hall–Kier alpha value is -1.25. The van der Waals surface area contributed by atoms with E-state index in [1.807, 2.05) is 0 Å². The third-order valence-corrected chi connectivity index (χ3v) is 1.55. The fourth-order valence-electron chi connectivity index (χ4n) is 0.844. The van der Waals surface area contributed by atoms with E-state index in [0.29, 0.717) is 12.3 Å². The molecule has 0 atom stereocenters. The van der Waals surface area contributed by atoms with E-state index in [2.05, 4.69) is 11.9 Å². The maximum atomic E-state index is 11.1. The minimum absolute atomic E-state index is 0.270. The molecule has 66 valence electrons. The molecule has 0 aromatic carbocycles. The Morgan fingerprint density at radius 2 is 2.50 bits per heavy atom. The van der Waals surface area contributed by atoms with Crippen LogP contribution in [0.25, 0.3) is 0 Å². The van der Waals surface area contributed by atoms with Gasteiger partial charge in [0, 0.05) is 6.20 Å². The van der Waals surface area contributed by atoms with Gasteiger partial charge in [-0.3, -0.25) is 0 Å². The standard InChI is InChI=1S/C9H13NO2/c1-2-3-7-12-9(11)8-5-4-6-10-8/h4-6,10H,2-3,7H2,1H3. The zero-order valence-electron chi connectivity index (χ0n) is 7.17. The van der Waals surface area contributed by atoms with E-state index >= 15 is 0 Å². The van der Waals surface area contributed by atoms with Crippen molar-refractivity contribution in [2.24, 2.45) is 0 Å². The molecule has 3 heteroatoms. The molecule has 1 rings (SSSR count). The van der Waals surface area contributed by atoms with Gasteiger partial charge in [0.05, 0.1) is 6.61 Å². The van der Waals surface area contributed by atoms with Crippen molar-refractivity contribution in [1.29, 1.82) is 0 Å². The molecule has 0 saturated carbocycles. The van der Waals surface area contributed by atoms with Gasteiger partial charge in [0.15, 0.2) is 0 Å². The lowest BCUT2D eigenvalue weighted by molar-refractivity contribution is 0.0493. The van der Waals surface area contributed by atoms with Crippen molar-refractivity contribution in [3.8, 4) is 0 Å². The summed E-state index contributed by atoms with van der Waals surface area (Å²) in [5.74, 6) is -0.270. The molecular weight excluding hydrogens is 154 g/mol. The monoisotopic (exact) mass is 167 g/mol. The largest absolute Gasteiger partial charge is 0.461 e. The second kappa shape index (κ2) is 4.59. The average Bonchev–Trinajstić information content (AvgIpc) is 2.56. The van der Waals surface area contributed by atoms with Gasteiger partial charge in [0.2, 0.25) is 0 Å². The number of carbonyl (C=O) groups excluding carboxylic acids is 1. The number of hydrogen-bond donors (Lipinski definition) is 1. The summed E-state index contributed by atoms with van der Waals surface area (Å²) < 4.78 is 4.96. The highest BCUT2D eigenvalue weighted by Gasteiger charge is 2.05. The molecule has 0 spiro atoms. The molecule has 0 bridgehead atoms. The van der Waals surface area contributed by atoms with Gasteiger partial charge in [-0.2, -0.15) is 0 Å². The van der Waals surface area contributed by atoms with Crippen molar-refractivity contribution in [3.63, 3.8) is 0 Å². The summed E-state index contributed by atoms with van der Waals surface area (Å²) in [6.45, 7) is 2.57. The van der Waals surface area contributed by atoms with E-state index in [-0.39, 0.29) is 5.97 Å². The van der Waals surface area contributed by atoms with Gasteiger partial charge in [-0.1, -0.05) is 13.3 Å². The number of aromatic nitrogens is 1. The van der Waals surface area contributed by atoms with E-state index in [1.165, 1.54) is 0 Å². The highest BCUT2D eigenvalue weighted by Crippen LogP contribution is 1.98. The second-order valence-corrected chi connectivity index (χ2v) is 2.57. The van der Waals surface area contributed by atoms with Gasteiger partial charge < -0.3 is 9.72 Å². The van der Waals surface area contributed by atoms with Gasteiger partial charge in [-0.05, 0) is 18.6 Å². The van der Waals surface area contributed by atoms with Gasteiger partial charge in [0.1, 0.15) is 5.69 Å². The van der Waals surface area contributed by atoms with Crippen LogP contribution in [0, 0.1) is 0 Å². The molecule has 3 nitrogen and oxygen atoms in total. The van der Waals surface area contributed by atoms with Gasteiger partial charge >= 0.3 is 5.97 Å². The van der Waals surface area contributed by atoms with Gasteiger partial charge in [0.25, 0.3) is 0 Å². The summed E-state index contributed by atoms with van der Waals surface area (Å²) >= 11 is 0. The van der Waals surface area contributed by atoms with Crippen molar-refractivity contribution in [2.75, 3.05) is 6.61 Å². The van der Waals surface area contributed by atoms with Crippen LogP contribution in [-0.2, 0) is 4.74 Å². The maximum Gasteiger partial charge on any atom is 0.354 e. The van der Waals surface area contributed by atoms with E-state index in [4.69, 9.17) is 4.74 Å². The van der Waals surface area contributed by atoms with Gasteiger partial charge in [-0.15, -0.1) is 0 Å². The molecule has 0 amide bonds. The van der Waals surface area contributed by atoms with Crippen LogP contribution in [-0.4, -0.2) is 17.6 Å². The molecule has 1 aromatic rings. The molecule has 0 aliphatic heterocycles. The number of carbonyl (C=O) groups is 1. The van der Waals surface area contributed by atoms with Crippen molar-refractivity contribution in [2.45, 2.75) is 19.8 Å². The molecule has 1 N–H and O–H groups in total. The number of esters is 1. The smallest absolute Gasteiger partial charge is 0.354 e. The molecule has 1 aromatic heterocycles. The number of unbranched alkanes of at least 4 members (excludes halogenated alkanes) is 1. The Bertz CT molecular complexity index is 229. The van der Waals surface area contributed by atoms with Crippen molar-refractivity contribution in [1.82, 2.24) is 4.98 Å². The third kappa shape index (κ3) is 2.42. The SMILES string of the molecule is CCCCOC(=O)c1ccc[nH]1. The van der Waals surface area contributed by atoms with E-state index in [1.54, 1.807) is 18.3 Å². The Morgan fingerprint density at radius 3 is 3.08 bits per heavy atom. The highest BCUT2D eigenvalue weighted by atomic mass is 16.5. The average molecular weight is 167 g/mol. The van der Waals surface area contributed by atoms with E-state index in [0.717, 1.165) is 12.8 Å². The first-order valence-corrected chi connectivity index (χ1v) is 4.15. The zero-order chi connectivity index (χ0) is 8.81. The number of rotatable bonds is 4. The first-order chi connectivity index (χ1) is 5.84. The van der Waals surface area contributed by atoms with Crippen LogP contribution in [0.5, 0.6) is 0 Å². The van der Waals surface area contributed by atoms with Crippen LogP contribution in [0.2, 0.25) is 0 Å². The molecule has 0 radical (unpaired) electrons. The molecule has 0 unspecified atom stereocenters. The fraction of sp³-hybridized carbons (Fsp3) is 0.444. The first kappa shape index (κ1) is 8.84. The lowest BCUT2D eigenvalue weighted by Crippen LogP contribution is -2.06. The maximum absolute atomic E-state index is 11.1. The molecule has 0 saturated heterocycles. The van der Waals surface area contributed by atoms with Crippen LogP contribution in [0.1, 0.15) is 30.3 Å². The number of aromatic amines is 1. The quantitative estimate of drug-likeness (QED) is 0.550. The van der Waals surface area contributed by atoms with Gasteiger partial charge in [-0.25, -0.2) is 4.79 Å². The van der Waals surface area contributed by atoms with Crippen LogP contribution in [0.4, 0.5) is 0 Å². The lowest BCUT2D eigenvalue weighted by atomic mass is 10.3. The van der Waals surface area contributed by atoms with Crippen LogP contribution < -0.4 is 0 Å². The second-order valence-electron chi connectivity index (χ2n) is 2.57. The minimum Gasteiger partial charge on any atom is -0.461 e. The Balaban J connectivity index is 2.30. The predicted molar refractivity (Wildman–Crippen MR) is 46.0 cm³/mol. The fourth-order valence-corrected chi connectivity index (χ4v) is 0.844. The number of H-pyrrole nitrogens is 1. The summed E-state index contributed by atoms with van der Waals surface area (Å²) in [7, 11) is 0. The van der Waals surface area contributed by atoms with Crippen molar-refractivity contribution < 1.29 is 9.53 Å². The molecule has 0 fully saturated rings. The minimum atomic E-state index is -0.270. The zero-order valence-corrected chi connectivity index (χ0v) is 7.17. The lowest BCUT2D eigenvalue weighted by Gasteiger charge is -2.00. The summed E-state index contributed by atoms with van der Waals surface area (Å²) in [5, 5.41) is 0. The molecule has 1 heterocycles. The highest BCUT2D eigenvalue weighted by molar-refractivity contribution is 5.87. The third-order valence-electron chi connectivity index (χ3n) is 1.55. The van der Waals surface area contributed by atoms with Crippen molar-refractivity contribution >= 4 is 5.97 Å². The molecule has 0 aliphatic rings. The van der Waals surface area contributed by atoms with E-state index < -0.39 is 0 Å². The predicted octanol–water partition coefficient (Wildman–Crippen LogP) is 1.97. The molecular formula is C9H13NO2. The Morgan fingerprint density at radius 1 is 1.67 bits per heavy atom. The van der Waals surface area contributed by atoms with Crippen LogP contribution in [0.15, 0.2) is 18.3 Å². The Labute approximate surface area is 71.7 Å². The summed E-state index contributed by atoms with van der Waals surface area (Å²) in [5.41, 5.74) is 0.520. The van der Waals surface area contributed by atoms with Crippen LogP contribution >= 0.6 is 0 Å². The number of ether oxygens (including phenoxy) is 1. The van der Waals surface area contributed by atoms with Crippen LogP contribution in [0.3, 0.4) is 0 Å². The molecule has 0 aliphatic carbocycles. The summed E-state index contributed by atoms with van der Waals surface area (Å²) in [4.78, 5) is 13.9. The normalized spacial score (nSPS) is 9.75. The summed E-state index contributed by atoms with van der Waals surface area (Å²) in [6, 6.07) is 3.48. The summed E-state index contributed by atoms with van der Waals surface area (Å²) in [6.07, 6.45) is 3.67. The first-order valence-electron chi connectivity index (χ1n) is 4.15. The Kier molecular flexibility index (Phi) is 3.38. The molecule has 12 heavy (non-hydrogen) atoms. The topological polar surface area (TPSA) is 42.1 Å². The van der Waals surface area contributed by atoms with E-state index in [9.17, 15) is 4.79 Å². The number of nitrogens with one attached hydrogen (secondary N) is 1. The van der Waals surface area contributed by atoms with Crippen molar-refractivity contribution in [3.05, 3.63) is 24.0 Å². The number of hydrogen-bond acceptors (Lipinski definition) is 2.